The molecule has 0 bridgehead atoms. The summed E-state index contributed by atoms with van der Waals surface area (Å²) in [5.41, 5.74) is -0.914. The first-order valence-corrected chi connectivity index (χ1v) is 7.15. The third-order valence-corrected chi connectivity index (χ3v) is 3.70. The molecule has 1 N–H and O–H groups in total. The van der Waals surface area contributed by atoms with Crippen molar-refractivity contribution in [3.63, 3.8) is 0 Å². The smallest absolute Gasteiger partial charge is 0.366 e. The molecule has 1 aliphatic heterocycles. The van der Waals surface area contributed by atoms with Gasteiger partial charge < -0.3 is 10.0 Å². The highest BCUT2D eigenvalue weighted by atomic mass is 19.4. The van der Waals surface area contributed by atoms with E-state index in [0.29, 0.717) is 24.4 Å². The quantitative estimate of drug-likeness (QED) is 0.831. The number of carbonyl (C=O) groups is 2. The van der Waals surface area contributed by atoms with Gasteiger partial charge in [0, 0.05) is 12.7 Å². The van der Waals surface area contributed by atoms with Crippen LogP contribution in [-0.4, -0.2) is 49.4 Å². The van der Waals surface area contributed by atoms with Gasteiger partial charge in [0.15, 0.2) is 11.9 Å². The zero-order valence-electron chi connectivity index (χ0n) is 12.6. The molecule has 25 heavy (non-hydrogen) atoms. The van der Waals surface area contributed by atoms with Crippen LogP contribution in [0, 0.1) is 0 Å². The van der Waals surface area contributed by atoms with Gasteiger partial charge >= 0.3 is 6.18 Å². The second-order valence-corrected chi connectivity index (χ2v) is 5.28. The minimum atomic E-state index is -4.69. The van der Waals surface area contributed by atoms with E-state index in [-0.39, 0.29) is 12.2 Å². The summed E-state index contributed by atoms with van der Waals surface area (Å²) < 4.78 is 37.4. The molecular formula is C15H11F3N4O3. The summed E-state index contributed by atoms with van der Waals surface area (Å²) in [6.07, 6.45) is -3.75. The van der Waals surface area contributed by atoms with Crippen LogP contribution in [0.25, 0.3) is 0 Å². The number of Topliss-reactive ketones (excluding diaryl/α,β-unsaturated/α-hetero) is 1. The van der Waals surface area contributed by atoms with Crippen molar-refractivity contribution < 1.29 is 27.9 Å². The number of pyridine rings is 1. The van der Waals surface area contributed by atoms with Crippen LogP contribution in [0.1, 0.15) is 32.2 Å². The predicted octanol–water partition coefficient (Wildman–Crippen LogP) is 1.09. The molecule has 0 fully saturated rings. The largest absolute Gasteiger partial charge is 0.434 e. The van der Waals surface area contributed by atoms with E-state index in [1.54, 1.807) is 12.1 Å². The van der Waals surface area contributed by atoms with Gasteiger partial charge in [-0.3, -0.25) is 14.6 Å². The Labute approximate surface area is 139 Å². The topological polar surface area (TPSA) is 96.3 Å². The highest BCUT2D eigenvalue weighted by Crippen LogP contribution is 2.26. The van der Waals surface area contributed by atoms with Gasteiger partial charge in [0.2, 0.25) is 5.78 Å². The van der Waals surface area contributed by atoms with Crippen LogP contribution in [0.15, 0.2) is 30.7 Å². The maximum absolute atomic E-state index is 12.5. The number of alkyl halides is 3. The lowest BCUT2D eigenvalue weighted by Crippen LogP contribution is -2.49. The third-order valence-electron chi connectivity index (χ3n) is 3.70. The highest BCUT2D eigenvalue weighted by Gasteiger charge is 2.36. The van der Waals surface area contributed by atoms with Gasteiger partial charge in [-0.05, 0) is 18.1 Å². The molecule has 3 rings (SSSR count). The molecule has 0 radical (unpaired) electrons. The van der Waals surface area contributed by atoms with Gasteiger partial charge in [-0.2, -0.15) is 13.2 Å². The van der Waals surface area contributed by atoms with Crippen LogP contribution < -0.4 is 0 Å². The van der Waals surface area contributed by atoms with E-state index >= 15 is 0 Å². The molecule has 0 saturated carbocycles. The van der Waals surface area contributed by atoms with Crippen LogP contribution in [0.3, 0.4) is 0 Å². The molecule has 2 aromatic heterocycles. The van der Waals surface area contributed by atoms with Crippen LogP contribution in [-0.2, 0) is 12.6 Å². The fraction of sp³-hybridized carbons (Fsp3) is 0.267. The molecule has 3 heterocycles. The second-order valence-electron chi connectivity index (χ2n) is 5.28. The molecule has 0 aromatic carbocycles. The third kappa shape index (κ3) is 3.20. The average Bonchev–Trinajstić information content (AvgIpc) is 2.60. The van der Waals surface area contributed by atoms with E-state index in [9.17, 15) is 27.9 Å². The van der Waals surface area contributed by atoms with Crippen LogP contribution >= 0.6 is 0 Å². The molecule has 0 spiro atoms. The number of carbonyl (C=O) groups excluding carboxylic acids is 2. The number of amides is 1. The van der Waals surface area contributed by atoms with Crippen molar-refractivity contribution in [1.82, 2.24) is 19.9 Å². The lowest BCUT2D eigenvalue weighted by atomic mass is 10.0. The van der Waals surface area contributed by atoms with E-state index in [4.69, 9.17) is 0 Å². The van der Waals surface area contributed by atoms with Crippen molar-refractivity contribution in [2.75, 3.05) is 6.54 Å². The molecule has 1 unspecified atom stereocenters. The molecule has 2 aromatic rings. The Morgan fingerprint density at radius 1 is 1.24 bits per heavy atom. The summed E-state index contributed by atoms with van der Waals surface area (Å²) in [7, 11) is 0. The summed E-state index contributed by atoms with van der Waals surface area (Å²) in [5, 5.41) is 10.2. The van der Waals surface area contributed by atoms with Crippen molar-refractivity contribution in [3.05, 3.63) is 53.4 Å². The van der Waals surface area contributed by atoms with Gasteiger partial charge in [-0.15, -0.1) is 0 Å². The van der Waals surface area contributed by atoms with Crippen LogP contribution in [0.4, 0.5) is 13.2 Å². The minimum Gasteiger partial charge on any atom is -0.366 e. The Morgan fingerprint density at radius 3 is 2.64 bits per heavy atom. The van der Waals surface area contributed by atoms with Crippen LogP contribution in [0.5, 0.6) is 0 Å². The van der Waals surface area contributed by atoms with Gasteiger partial charge in [0.05, 0.1) is 12.4 Å². The SMILES string of the molecule is O=C(c1cnc(C(F)(F)F)cn1)C(O)N1CCc2cccnc2C1=O. The highest BCUT2D eigenvalue weighted by molar-refractivity contribution is 6.02. The fourth-order valence-corrected chi connectivity index (χ4v) is 2.42. The second kappa shape index (κ2) is 6.20. The van der Waals surface area contributed by atoms with E-state index in [0.717, 1.165) is 4.90 Å². The molecule has 1 aliphatic rings. The number of aromatic nitrogens is 3. The lowest BCUT2D eigenvalue weighted by Gasteiger charge is -2.30. The normalized spacial score (nSPS) is 15.7. The number of aliphatic hydroxyl groups excluding tert-OH is 1. The number of ketones is 1. The summed E-state index contributed by atoms with van der Waals surface area (Å²) in [6, 6.07) is 3.38. The zero-order chi connectivity index (χ0) is 18.2. The van der Waals surface area contributed by atoms with E-state index < -0.39 is 35.5 Å². The number of rotatable bonds is 3. The van der Waals surface area contributed by atoms with Crippen molar-refractivity contribution >= 4 is 11.7 Å². The number of aliphatic hydroxyl groups is 1. The monoisotopic (exact) mass is 352 g/mol. The van der Waals surface area contributed by atoms with E-state index in [2.05, 4.69) is 15.0 Å². The number of hydrogen-bond acceptors (Lipinski definition) is 6. The van der Waals surface area contributed by atoms with Gasteiger partial charge in [-0.25, -0.2) is 9.97 Å². The molecule has 0 saturated heterocycles. The molecular weight excluding hydrogens is 341 g/mol. The minimum absolute atomic E-state index is 0.0680. The fourth-order valence-electron chi connectivity index (χ4n) is 2.42. The summed E-state index contributed by atoms with van der Waals surface area (Å²) in [6.45, 7) is 0.0680. The molecule has 0 aliphatic carbocycles. The van der Waals surface area contributed by atoms with Crippen molar-refractivity contribution in [2.24, 2.45) is 0 Å². The summed E-state index contributed by atoms with van der Waals surface area (Å²) >= 11 is 0. The number of halogens is 3. The predicted molar refractivity (Wildman–Crippen MR) is 76.3 cm³/mol. The molecule has 1 amide bonds. The number of hydrogen-bond donors (Lipinski definition) is 1. The van der Waals surface area contributed by atoms with Crippen LogP contribution in [0.2, 0.25) is 0 Å². The maximum atomic E-state index is 12.5. The maximum Gasteiger partial charge on any atom is 0.434 e. The van der Waals surface area contributed by atoms with E-state index in [1.807, 2.05) is 0 Å². The van der Waals surface area contributed by atoms with E-state index in [1.165, 1.54) is 6.20 Å². The van der Waals surface area contributed by atoms with Crippen molar-refractivity contribution in [2.45, 2.75) is 18.8 Å². The Morgan fingerprint density at radius 2 is 2.00 bits per heavy atom. The zero-order valence-corrected chi connectivity index (χ0v) is 12.6. The Kier molecular flexibility index (Phi) is 4.21. The van der Waals surface area contributed by atoms with Gasteiger partial charge in [-0.1, -0.05) is 6.07 Å². The van der Waals surface area contributed by atoms with Crippen molar-refractivity contribution in [1.29, 1.82) is 0 Å². The van der Waals surface area contributed by atoms with Gasteiger partial charge in [0.1, 0.15) is 11.4 Å². The standard InChI is InChI=1S/C15H11F3N4O3/c16-15(17,18)10-7-20-9(6-21-10)12(23)14(25)22-5-3-8-2-1-4-19-11(8)13(22)24/h1-2,4,6-7,14,25H,3,5H2. The number of nitrogens with zero attached hydrogens (tertiary/aromatic N) is 4. The molecule has 130 valence electrons. The summed E-state index contributed by atoms with van der Waals surface area (Å²) in [4.78, 5) is 35.9. The average molecular weight is 352 g/mol. The summed E-state index contributed by atoms with van der Waals surface area (Å²) in [5.74, 6) is -1.66. The van der Waals surface area contributed by atoms with Gasteiger partial charge in [0.25, 0.3) is 5.91 Å². The Bertz CT molecular complexity index is 824. The molecule has 1 atom stereocenters. The first-order valence-electron chi connectivity index (χ1n) is 7.15. The number of fused-ring (bicyclic) bond motifs is 1. The lowest BCUT2D eigenvalue weighted by molar-refractivity contribution is -0.141. The molecule has 10 heteroatoms. The Hall–Kier alpha value is -2.88. The first-order chi connectivity index (χ1) is 11.8. The Balaban J connectivity index is 1.80. The first kappa shape index (κ1) is 17.0. The van der Waals surface area contributed by atoms with Crippen molar-refractivity contribution in [3.8, 4) is 0 Å². The molecule has 7 nitrogen and oxygen atoms in total.